The first-order chi connectivity index (χ1) is 10.8. The number of hydrogen-bond donors (Lipinski definition) is 7. The van der Waals surface area contributed by atoms with Crippen molar-refractivity contribution < 1.29 is 55.4 Å². The van der Waals surface area contributed by atoms with Crippen LogP contribution in [0, 0.1) is 0 Å². The van der Waals surface area contributed by atoms with Gasteiger partial charge in [0, 0.05) is 0 Å². The molecule has 0 aromatic rings. The molecule has 0 bridgehead atoms. The highest BCUT2D eigenvalue weighted by Gasteiger charge is 2.58. The fraction of sp³-hybridized carbons (Fsp3) is 1.00. The predicted octanol–water partition coefficient (Wildman–Crippen LogP) is -4.97. The van der Waals surface area contributed by atoms with E-state index in [0.29, 0.717) is 0 Å². The van der Waals surface area contributed by atoms with Crippen LogP contribution in [0.4, 0.5) is 0 Å². The summed E-state index contributed by atoms with van der Waals surface area (Å²) >= 11 is 5.82. The Bertz CT molecular complexity index is 399. The molecule has 0 aromatic carbocycles. The van der Waals surface area contributed by atoms with Gasteiger partial charge in [0.1, 0.15) is 43.2 Å². The second kappa shape index (κ2) is 8.49. The van der Waals surface area contributed by atoms with Crippen LogP contribution in [0.1, 0.15) is 0 Å². The van der Waals surface area contributed by atoms with Crippen molar-refractivity contribution in [3.05, 3.63) is 0 Å². The lowest BCUT2D eigenvalue weighted by molar-refractivity contribution is -0.372. The minimum absolute atomic E-state index is 0. The van der Waals surface area contributed by atoms with Gasteiger partial charge in [0.2, 0.25) is 5.79 Å². The smallest absolute Gasteiger partial charge is 0.224 e. The summed E-state index contributed by atoms with van der Waals surface area (Å²) in [5.74, 6) is -2.18. The fourth-order valence-electron chi connectivity index (χ4n) is 2.60. The van der Waals surface area contributed by atoms with Gasteiger partial charge in [0.15, 0.2) is 6.29 Å². The van der Waals surface area contributed by atoms with Gasteiger partial charge in [-0.05, 0) is 0 Å². The summed E-state index contributed by atoms with van der Waals surface area (Å²) in [6.07, 6.45) is -10.4. The highest BCUT2D eigenvalue weighted by Crippen LogP contribution is 2.36. The maximum Gasteiger partial charge on any atom is 0.224 e. The summed E-state index contributed by atoms with van der Waals surface area (Å²) < 4.78 is 15.6. The van der Waals surface area contributed by atoms with Gasteiger partial charge in [-0.25, -0.2) is 0 Å². The molecule has 9 N–H and O–H groups in total. The number of halogens is 1. The zero-order valence-corrected chi connectivity index (χ0v) is 13.2. The molecule has 12 heteroatoms. The van der Waals surface area contributed by atoms with Gasteiger partial charge in [-0.3, -0.25) is 0 Å². The molecule has 0 unspecified atom stereocenters. The van der Waals surface area contributed by atoms with E-state index >= 15 is 0 Å². The van der Waals surface area contributed by atoms with Crippen LogP contribution >= 0.6 is 11.6 Å². The van der Waals surface area contributed by atoms with Gasteiger partial charge in [0.25, 0.3) is 0 Å². The van der Waals surface area contributed by atoms with Crippen molar-refractivity contribution in [2.45, 2.75) is 54.1 Å². The summed E-state index contributed by atoms with van der Waals surface area (Å²) in [6.45, 7) is -2.16. The lowest BCUT2D eigenvalue weighted by atomic mass is 10.0. The third-order valence-electron chi connectivity index (χ3n) is 4.02. The number of aliphatic hydroxyl groups excluding tert-OH is 7. The van der Waals surface area contributed by atoms with Crippen LogP contribution in [-0.4, -0.2) is 115 Å². The Hall–Kier alpha value is -0.150. The largest absolute Gasteiger partial charge is 0.412 e. The number of hydrogen-bond acceptors (Lipinski definition) is 10. The van der Waals surface area contributed by atoms with Crippen molar-refractivity contribution in [3.63, 3.8) is 0 Å². The first-order valence-corrected chi connectivity index (χ1v) is 7.45. The van der Waals surface area contributed by atoms with Gasteiger partial charge in [-0.1, -0.05) is 0 Å². The molecule has 144 valence electrons. The van der Waals surface area contributed by atoms with Crippen molar-refractivity contribution in [3.8, 4) is 0 Å². The number of alkyl halides is 1. The first-order valence-electron chi connectivity index (χ1n) is 7.01. The van der Waals surface area contributed by atoms with E-state index in [0.717, 1.165) is 0 Å². The van der Waals surface area contributed by atoms with E-state index < -0.39 is 73.9 Å². The molecule has 0 aliphatic carbocycles. The molecule has 0 saturated carbocycles. The topological polar surface area (TPSA) is 201 Å². The Balaban J connectivity index is 0.00000288. The maximum atomic E-state index is 10.0. The van der Waals surface area contributed by atoms with E-state index in [1.165, 1.54) is 0 Å². The molecule has 0 spiro atoms. The third-order valence-corrected chi connectivity index (χ3v) is 4.56. The number of ether oxygens (including phenoxy) is 3. The van der Waals surface area contributed by atoms with E-state index in [4.69, 9.17) is 30.9 Å². The van der Waals surface area contributed by atoms with Crippen LogP contribution in [0.25, 0.3) is 0 Å². The SMILES string of the molecule is O.OC[C@H]1O[C@@](CO)(O[C@H]2O[C@H](CO)[C@H](Cl)[C@H](O)[C@H]2O)[C@@H](O)[C@@H]1O. The molecule has 2 fully saturated rings. The van der Waals surface area contributed by atoms with E-state index in [9.17, 15) is 30.6 Å². The average molecular weight is 379 g/mol. The third kappa shape index (κ3) is 3.67. The van der Waals surface area contributed by atoms with Gasteiger partial charge < -0.3 is 55.4 Å². The molecule has 24 heavy (non-hydrogen) atoms. The zero-order valence-electron chi connectivity index (χ0n) is 12.5. The number of rotatable bonds is 5. The van der Waals surface area contributed by atoms with E-state index in [-0.39, 0.29) is 5.48 Å². The molecule has 0 aromatic heterocycles. The fourth-order valence-corrected chi connectivity index (χ4v) is 2.89. The van der Waals surface area contributed by atoms with Gasteiger partial charge in [0.05, 0.1) is 18.6 Å². The van der Waals surface area contributed by atoms with Crippen molar-refractivity contribution in [1.29, 1.82) is 0 Å². The van der Waals surface area contributed by atoms with Crippen molar-refractivity contribution in [2.24, 2.45) is 0 Å². The Labute approximate surface area is 141 Å². The molecule has 11 nitrogen and oxygen atoms in total. The van der Waals surface area contributed by atoms with Crippen molar-refractivity contribution in [2.75, 3.05) is 19.8 Å². The Morgan fingerprint density at radius 1 is 0.917 bits per heavy atom. The van der Waals surface area contributed by atoms with Gasteiger partial charge >= 0.3 is 0 Å². The second-order valence-corrected chi connectivity index (χ2v) is 6.02. The van der Waals surface area contributed by atoms with E-state index in [2.05, 4.69) is 0 Å². The standard InChI is InChI=1S/C12H21ClO10.H2O/c13-6-4(1-14)21-11(9(19)8(6)18)23-12(3-16)10(20)7(17)5(2-15)22-12;/h4-11,14-20H,1-3H2;1H2/t4-,5-,6+,7-,8+,9-,10+,11-,12+;/m1./s1. The molecular weight excluding hydrogens is 356 g/mol. The Kier molecular flexibility index (Phi) is 7.74. The summed E-state index contributed by atoms with van der Waals surface area (Å²) in [7, 11) is 0. The number of aliphatic hydroxyl groups is 7. The minimum atomic E-state index is -2.18. The normalized spacial score (nSPS) is 49.0. The molecule has 2 aliphatic heterocycles. The van der Waals surface area contributed by atoms with E-state index in [1.54, 1.807) is 0 Å². The summed E-state index contributed by atoms with van der Waals surface area (Å²) in [5, 5.41) is 66.3. The average Bonchev–Trinajstić information content (AvgIpc) is 2.80. The Morgan fingerprint density at radius 2 is 1.50 bits per heavy atom. The van der Waals surface area contributed by atoms with Crippen LogP contribution in [0.3, 0.4) is 0 Å². The quantitative estimate of drug-likeness (QED) is 0.227. The molecule has 2 rings (SSSR count). The second-order valence-electron chi connectivity index (χ2n) is 5.51. The molecular formula is C12H23ClO11. The van der Waals surface area contributed by atoms with Crippen LogP contribution in [0.15, 0.2) is 0 Å². The van der Waals surface area contributed by atoms with Gasteiger partial charge in [-0.15, -0.1) is 11.6 Å². The molecule has 0 amide bonds. The molecule has 2 saturated heterocycles. The molecule has 9 atom stereocenters. The van der Waals surface area contributed by atoms with Crippen LogP contribution in [0.2, 0.25) is 0 Å². The lowest BCUT2D eigenvalue weighted by Crippen LogP contribution is -2.61. The highest BCUT2D eigenvalue weighted by molar-refractivity contribution is 6.21. The minimum Gasteiger partial charge on any atom is -0.412 e. The van der Waals surface area contributed by atoms with Crippen LogP contribution in [-0.2, 0) is 14.2 Å². The molecule has 2 heterocycles. The highest BCUT2D eigenvalue weighted by atomic mass is 35.5. The van der Waals surface area contributed by atoms with Crippen LogP contribution in [0.5, 0.6) is 0 Å². The van der Waals surface area contributed by atoms with E-state index in [1.807, 2.05) is 0 Å². The Morgan fingerprint density at radius 3 is 1.96 bits per heavy atom. The summed E-state index contributed by atoms with van der Waals surface area (Å²) in [5.41, 5.74) is 0. The van der Waals surface area contributed by atoms with Crippen molar-refractivity contribution in [1.82, 2.24) is 0 Å². The predicted molar refractivity (Wildman–Crippen MR) is 75.9 cm³/mol. The zero-order chi connectivity index (χ0) is 17.4. The lowest BCUT2D eigenvalue weighted by Gasteiger charge is -2.43. The molecule has 2 aliphatic rings. The van der Waals surface area contributed by atoms with Crippen LogP contribution < -0.4 is 0 Å². The monoisotopic (exact) mass is 378 g/mol. The summed E-state index contributed by atoms with van der Waals surface area (Å²) in [6, 6.07) is 0. The maximum absolute atomic E-state index is 10.0. The molecule has 0 radical (unpaired) electrons. The summed E-state index contributed by atoms with van der Waals surface area (Å²) in [4.78, 5) is 0. The first kappa shape index (κ1) is 21.9. The van der Waals surface area contributed by atoms with Crippen molar-refractivity contribution >= 4 is 11.6 Å². The van der Waals surface area contributed by atoms with Gasteiger partial charge in [-0.2, -0.15) is 0 Å².